The number of H-pyrrole nitrogens is 1. The molecule has 0 aliphatic heterocycles. The Hall–Kier alpha value is -4.30. The van der Waals surface area contributed by atoms with E-state index < -0.39 is 72.8 Å². The van der Waals surface area contributed by atoms with Gasteiger partial charge in [0.1, 0.15) is 24.2 Å². The van der Waals surface area contributed by atoms with Crippen LogP contribution in [0.2, 0.25) is 0 Å². The standard InChI is InChI=1S/C27H38N7O7/c1-14(2)8-20(32-27(41)22(13-36)34-24(38)15(3)28)26(40)33-21(25(39)31-17(12-35)10-23(29)37)9-16-11-30-19-7-5-4-6-18(16)19/h4-7,11,14-15,17,20-22,30,36H,8-10,13,28H2,1-3H3,(H2,29,37)(H,31,39)(H,32,41)(H,33,40)(H,34,38)/t15-,17-,20-,21-,22-/m0/s1. The van der Waals surface area contributed by atoms with Gasteiger partial charge in [0.25, 0.3) is 0 Å². The molecule has 0 saturated heterocycles. The number of hydrogen-bond donors (Lipinski definition) is 8. The molecule has 0 bridgehead atoms. The van der Waals surface area contributed by atoms with Gasteiger partial charge in [0.15, 0.2) is 0 Å². The van der Waals surface area contributed by atoms with Crippen LogP contribution in [0.4, 0.5) is 0 Å². The number of aromatic nitrogens is 1. The molecule has 1 radical (unpaired) electrons. The van der Waals surface area contributed by atoms with Crippen molar-refractivity contribution >= 4 is 46.7 Å². The van der Waals surface area contributed by atoms with E-state index in [1.54, 1.807) is 12.5 Å². The fourth-order valence-electron chi connectivity index (χ4n) is 4.07. The van der Waals surface area contributed by atoms with Crippen LogP contribution in [0.1, 0.15) is 39.2 Å². The lowest BCUT2D eigenvalue weighted by molar-refractivity contribution is -0.134. The first-order valence-corrected chi connectivity index (χ1v) is 13.1. The van der Waals surface area contributed by atoms with Crippen LogP contribution in [0, 0.1) is 5.92 Å². The molecule has 223 valence electrons. The fourth-order valence-corrected chi connectivity index (χ4v) is 4.07. The molecule has 0 spiro atoms. The Morgan fingerprint density at radius 2 is 1.49 bits per heavy atom. The third-order valence-corrected chi connectivity index (χ3v) is 6.17. The molecule has 14 heteroatoms. The summed E-state index contributed by atoms with van der Waals surface area (Å²) in [7, 11) is 0. The van der Waals surface area contributed by atoms with Crippen molar-refractivity contribution in [2.24, 2.45) is 17.4 Å². The van der Waals surface area contributed by atoms with Crippen LogP contribution in [0.25, 0.3) is 10.9 Å². The van der Waals surface area contributed by atoms with Crippen molar-refractivity contribution in [3.63, 3.8) is 0 Å². The molecular formula is C27H38N7O7. The number of benzene rings is 1. The van der Waals surface area contributed by atoms with Gasteiger partial charge in [-0.3, -0.25) is 28.8 Å². The molecular weight excluding hydrogens is 534 g/mol. The van der Waals surface area contributed by atoms with Gasteiger partial charge in [0.05, 0.1) is 19.1 Å². The summed E-state index contributed by atoms with van der Waals surface area (Å²) in [5.41, 5.74) is 12.2. The first-order valence-electron chi connectivity index (χ1n) is 13.1. The number of nitrogens with one attached hydrogen (secondary N) is 5. The van der Waals surface area contributed by atoms with Gasteiger partial charge in [-0.25, -0.2) is 0 Å². The molecule has 5 atom stereocenters. The second-order valence-electron chi connectivity index (χ2n) is 10.2. The molecule has 5 amide bonds. The van der Waals surface area contributed by atoms with Crippen LogP contribution in [0.5, 0.6) is 0 Å². The SMILES string of the molecule is CC(C)C[C@H](NC(=O)[C@H](CO)NC(=O)[C@H](C)N)C(=O)N[C@@H](Cc1c[nH]c2ccccc12)C(=O)N[C@H]([C]=O)CC(N)=O. The largest absolute Gasteiger partial charge is 0.394 e. The van der Waals surface area contributed by atoms with Gasteiger partial charge >= 0.3 is 0 Å². The maximum atomic E-state index is 13.5. The van der Waals surface area contributed by atoms with Crippen molar-refractivity contribution in [1.29, 1.82) is 0 Å². The lowest BCUT2D eigenvalue weighted by Gasteiger charge is -2.26. The van der Waals surface area contributed by atoms with E-state index in [1.165, 1.54) is 6.92 Å². The van der Waals surface area contributed by atoms with E-state index in [9.17, 15) is 33.9 Å². The Morgan fingerprint density at radius 1 is 0.902 bits per heavy atom. The summed E-state index contributed by atoms with van der Waals surface area (Å²) >= 11 is 0. The number of carbonyl (C=O) groups excluding carboxylic acids is 6. The van der Waals surface area contributed by atoms with Crippen LogP contribution >= 0.6 is 0 Å². The van der Waals surface area contributed by atoms with Crippen LogP contribution in [0.3, 0.4) is 0 Å². The molecule has 1 heterocycles. The van der Waals surface area contributed by atoms with E-state index in [1.807, 2.05) is 38.1 Å². The van der Waals surface area contributed by atoms with E-state index in [2.05, 4.69) is 26.3 Å². The van der Waals surface area contributed by atoms with Crippen molar-refractivity contribution in [1.82, 2.24) is 26.3 Å². The molecule has 0 saturated carbocycles. The minimum Gasteiger partial charge on any atom is -0.394 e. The topological polar surface area (TPSA) is 239 Å². The van der Waals surface area contributed by atoms with Gasteiger partial charge < -0.3 is 42.8 Å². The van der Waals surface area contributed by atoms with E-state index in [0.717, 1.165) is 10.9 Å². The molecule has 0 fully saturated rings. The molecule has 41 heavy (non-hydrogen) atoms. The second kappa shape index (κ2) is 15.5. The van der Waals surface area contributed by atoms with Crippen molar-refractivity contribution in [3.8, 4) is 0 Å². The van der Waals surface area contributed by atoms with Crippen LogP contribution in [0.15, 0.2) is 30.5 Å². The predicted molar refractivity (Wildman–Crippen MR) is 149 cm³/mol. The number of para-hydroxylation sites is 1. The van der Waals surface area contributed by atoms with E-state index in [4.69, 9.17) is 11.5 Å². The molecule has 0 unspecified atom stereocenters. The molecule has 1 aromatic heterocycles. The number of aliphatic hydroxyl groups excluding tert-OH is 1. The molecule has 0 aliphatic rings. The molecule has 0 aliphatic carbocycles. The summed E-state index contributed by atoms with van der Waals surface area (Å²) in [6.45, 7) is 4.30. The highest BCUT2D eigenvalue weighted by Gasteiger charge is 2.31. The maximum Gasteiger partial charge on any atom is 0.245 e. The number of hydrogen-bond acceptors (Lipinski definition) is 8. The number of rotatable bonds is 16. The lowest BCUT2D eigenvalue weighted by Crippen LogP contribution is -2.59. The van der Waals surface area contributed by atoms with Crippen LogP contribution in [-0.4, -0.2) is 82.7 Å². The Balaban J connectivity index is 2.31. The molecule has 14 nitrogen and oxygen atoms in total. The van der Waals surface area contributed by atoms with Gasteiger partial charge in [0.2, 0.25) is 35.8 Å². The molecule has 2 aromatic rings. The van der Waals surface area contributed by atoms with Crippen molar-refractivity contribution in [2.45, 2.75) is 70.2 Å². The Labute approximate surface area is 237 Å². The number of fused-ring (bicyclic) bond motifs is 1. The highest BCUT2D eigenvalue weighted by Crippen LogP contribution is 2.19. The Morgan fingerprint density at radius 3 is 2.07 bits per heavy atom. The minimum absolute atomic E-state index is 0.00418. The lowest BCUT2D eigenvalue weighted by atomic mass is 10.00. The van der Waals surface area contributed by atoms with Gasteiger partial charge in [-0.05, 0) is 30.9 Å². The number of nitrogens with two attached hydrogens (primary N) is 2. The third kappa shape index (κ3) is 9.99. The van der Waals surface area contributed by atoms with Crippen molar-refractivity contribution in [2.75, 3.05) is 6.61 Å². The second-order valence-corrected chi connectivity index (χ2v) is 10.2. The summed E-state index contributed by atoms with van der Waals surface area (Å²) in [5.74, 6) is -3.89. The highest BCUT2D eigenvalue weighted by molar-refractivity contribution is 5.96. The number of amides is 5. The predicted octanol–water partition coefficient (Wildman–Crippen LogP) is -1.98. The minimum atomic E-state index is -1.36. The maximum absolute atomic E-state index is 13.5. The van der Waals surface area contributed by atoms with Gasteiger partial charge in [-0.1, -0.05) is 32.0 Å². The summed E-state index contributed by atoms with van der Waals surface area (Å²) in [6, 6.07) is 1.31. The number of primary amides is 1. The first-order chi connectivity index (χ1) is 19.4. The van der Waals surface area contributed by atoms with E-state index in [-0.39, 0.29) is 18.8 Å². The van der Waals surface area contributed by atoms with Gasteiger partial charge in [-0.15, -0.1) is 0 Å². The summed E-state index contributed by atoms with van der Waals surface area (Å²) in [6.07, 6.45) is 2.91. The highest BCUT2D eigenvalue weighted by atomic mass is 16.3. The van der Waals surface area contributed by atoms with E-state index in [0.29, 0.717) is 5.56 Å². The van der Waals surface area contributed by atoms with Crippen LogP contribution < -0.4 is 32.7 Å². The van der Waals surface area contributed by atoms with Gasteiger partial charge in [0, 0.05) is 23.5 Å². The summed E-state index contributed by atoms with van der Waals surface area (Å²) in [5, 5.41) is 20.3. The smallest absolute Gasteiger partial charge is 0.245 e. The van der Waals surface area contributed by atoms with Crippen molar-refractivity contribution < 1.29 is 33.9 Å². The Kier molecular flexibility index (Phi) is 12.4. The number of aromatic amines is 1. The summed E-state index contributed by atoms with van der Waals surface area (Å²) in [4.78, 5) is 77.2. The third-order valence-electron chi connectivity index (χ3n) is 6.17. The zero-order chi connectivity index (χ0) is 30.7. The monoisotopic (exact) mass is 572 g/mol. The van der Waals surface area contributed by atoms with E-state index >= 15 is 0 Å². The average molecular weight is 573 g/mol. The van der Waals surface area contributed by atoms with Gasteiger partial charge in [-0.2, -0.15) is 0 Å². The summed E-state index contributed by atoms with van der Waals surface area (Å²) < 4.78 is 0. The first kappa shape index (κ1) is 32.9. The number of aliphatic hydroxyl groups is 1. The Bertz CT molecular complexity index is 1240. The van der Waals surface area contributed by atoms with Crippen LogP contribution in [-0.2, 0) is 35.2 Å². The fraction of sp³-hybridized carbons (Fsp3) is 0.481. The zero-order valence-electron chi connectivity index (χ0n) is 23.2. The zero-order valence-corrected chi connectivity index (χ0v) is 23.2. The normalized spacial score (nSPS) is 14.8. The number of carbonyl (C=O) groups is 5. The quantitative estimate of drug-likeness (QED) is 0.112. The molecule has 10 N–H and O–H groups in total. The van der Waals surface area contributed by atoms with Crippen molar-refractivity contribution in [3.05, 3.63) is 36.0 Å². The molecule has 2 rings (SSSR count). The average Bonchev–Trinajstić information content (AvgIpc) is 3.32. The molecule has 1 aromatic carbocycles.